The maximum Gasteiger partial charge on any atom is 0.248 e. The number of imidazole rings is 1. The first-order valence-electron chi connectivity index (χ1n) is 8.45. The molecule has 7 nitrogen and oxygen atoms in total. The van der Waals surface area contributed by atoms with Gasteiger partial charge in [-0.05, 0) is 12.1 Å². The Balaban J connectivity index is 1.67. The summed E-state index contributed by atoms with van der Waals surface area (Å²) in [6, 6.07) is 5.97. The van der Waals surface area contributed by atoms with Crippen LogP contribution in [0.3, 0.4) is 0 Å². The average molecular weight is 343 g/mol. The Morgan fingerprint density at radius 3 is 2.92 bits per heavy atom. The molecule has 0 aromatic carbocycles. The van der Waals surface area contributed by atoms with Crippen molar-refractivity contribution in [2.45, 2.75) is 19.0 Å². The molecule has 3 rings (SSSR count). The number of carbonyl (C=O) groups is 1. The maximum atomic E-state index is 11.7. The molecule has 0 N–H and O–H groups in total. The molecule has 134 valence electrons. The number of ether oxygens (including phenoxy) is 1. The fourth-order valence-corrected chi connectivity index (χ4v) is 3.20. The van der Waals surface area contributed by atoms with E-state index in [1.165, 1.54) is 5.69 Å². The molecule has 0 unspecified atom stereocenters. The Labute approximate surface area is 148 Å². The van der Waals surface area contributed by atoms with Crippen molar-refractivity contribution in [2.24, 2.45) is 7.05 Å². The Morgan fingerprint density at radius 2 is 2.20 bits per heavy atom. The van der Waals surface area contributed by atoms with Crippen LogP contribution < -0.4 is 0 Å². The lowest BCUT2D eigenvalue weighted by molar-refractivity contribution is -0.133. The zero-order valence-electron chi connectivity index (χ0n) is 15.1. The molecule has 25 heavy (non-hydrogen) atoms. The lowest BCUT2D eigenvalue weighted by Crippen LogP contribution is -2.36. The van der Waals surface area contributed by atoms with Crippen molar-refractivity contribution >= 4 is 5.91 Å². The number of nitrogens with zero attached hydrogens (tertiary/aromatic N) is 5. The normalized spacial score (nSPS) is 17.3. The average Bonchev–Trinajstić information content (AvgIpc) is 2.96. The predicted molar refractivity (Wildman–Crippen MR) is 93.8 cm³/mol. The van der Waals surface area contributed by atoms with Crippen LogP contribution in [0.2, 0.25) is 0 Å². The van der Waals surface area contributed by atoms with E-state index in [4.69, 9.17) is 4.74 Å². The third kappa shape index (κ3) is 4.24. The molecule has 0 saturated carbocycles. The molecule has 0 saturated heterocycles. The van der Waals surface area contributed by atoms with Crippen LogP contribution in [-0.2, 0) is 29.7 Å². The SMILES string of the molecule is CN(C)C(=O)COC[C@H]1CN(Cc2ccccn2)Cc2ncn(C)c21. The summed E-state index contributed by atoms with van der Waals surface area (Å²) in [6.07, 6.45) is 3.67. The number of hydrogen-bond acceptors (Lipinski definition) is 5. The van der Waals surface area contributed by atoms with Gasteiger partial charge in [-0.3, -0.25) is 14.7 Å². The van der Waals surface area contributed by atoms with Crippen molar-refractivity contribution in [3.63, 3.8) is 0 Å². The number of pyridine rings is 1. The van der Waals surface area contributed by atoms with E-state index >= 15 is 0 Å². The summed E-state index contributed by atoms with van der Waals surface area (Å²) >= 11 is 0. The summed E-state index contributed by atoms with van der Waals surface area (Å²) in [5.41, 5.74) is 3.33. The second kappa shape index (κ2) is 7.76. The second-order valence-corrected chi connectivity index (χ2v) is 6.68. The smallest absolute Gasteiger partial charge is 0.248 e. The highest BCUT2D eigenvalue weighted by atomic mass is 16.5. The molecule has 1 aliphatic heterocycles. The fourth-order valence-electron chi connectivity index (χ4n) is 3.20. The van der Waals surface area contributed by atoms with Gasteiger partial charge in [0.15, 0.2) is 0 Å². The van der Waals surface area contributed by atoms with Crippen molar-refractivity contribution in [3.8, 4) is 0 Å². The van der Waals surface area contributed by atoms with Crippen LogP contribution in [0.5, 0.6) is 0 Å². The van der Waals surface area contributed by atoms with Crippen LogP contribution >= 0.6 is 0 Å². The molecule has 1 atom stereocenters. The zero-order chi connectivity index (χ0) is 17.8. The van der Waals surface area contributed by atoms with Crippen LogP contribution in [0.1, 0.15) is 23.0 Å². The largest absolute Gasteiger partial charge is 0.371 e. The molecule has 0 bridgehead atoms. The molecule has 3 heterocycles. The molecular weight excluding hydrogens is 318 g/mol. The molecule has 0 radical (unpaired) electrons. The van der Waals surface area contributed by atoms with E-state index in [1.807, 2.05) is 37.8 Å². The number of likely N-dealkylation sites (N-methyl/N-ethyl adjacent to an activating group) is 1. The van der Waals surface area contributed by atoms with E-state index in [-0.39, 0.29) is 18.4 Å². The van der Waals surface area contributed by atoms with Crippen LogP contribution in [0.25, 0.3) is 0 Å². The molecule has 0 aliphatic carbocycles. The minimum Gasteiger partial charge on any atom is -0.371 e. The summed E-state index contributed by atoms with van der Waals surface area (Å²) in [4.78, 5) is 24.6. The van der Waals surface area contributed by atoms with E-state index in [2.05, 4.69) is 19.4 Å². The van der Waals surface area contributed by atoms with Gasteiger partial charge in [0.1, 0.15) is 6.61 Å². The summed E-state index contributed by atoms with van der Waals surface area (Å²) in [7, 11) is 5.48. The molecular formula is C18H25N5O2. The van der Waals surface area contributed by atoms with Crippen molar-refractivity contribution in [1.29, 1.82) is 0 Å². The van der Waals surface area contributed by atoms with E-state index in [0.29, 0.717) is 6.61 Å². The van der Waals surface area contributed by atoms with Crippen LogP contribution in [0, 0.1) is 0 Å². The highest BCUT2D eigenvalue weighted by Crippen LogP contribution is 2.28. The minimum atomic E-state index is -0.0219. The molecule has 1 aliphatic rings. The lowest BCUT2D eigenvalue weighted by Gasteiger charge is -2.32. The Hall–Kier alpha value is -2.25. The summed E-state index contributed by atoms with van der Waals surface area (Å²) in [6.45, 7) is 3.06. The quantitative estimate of drug-likeness (QED) is 0.784. The van der Waals surface area contributed by atoms with Gasteiger partial charge in [0, 0.05) is 58.6 Å². The van der Waals surface area contributed by atoms with Gasteiger partial charge in [-0.25, -0.2) is 4.98 Å². The Morgan fingerprint density at radius 1 is 1.36 bits per heavy atom. The lowest BCUT2D eigenvalue weighted by atomic mass is 9.99. The van der Waals surface area contributed by atoms with E-state index in [9.17, 15) is 4.79 Å². The number of aryl methyl sites for hydroxylation is 1. The number of fused-ring (bicyclic) bond motifs is 1. The topological polar surface area (TPSA) is 63.5 Å². The van der Waals surface area contributed by atoms with Crippen LogP contribution in [0.4, 0.5) is 0 Å². The highest BCUT2D eigenvalue weighted by Gasteiger charge is 2.29. The third-order valence-electron chi connectivity index (χ3n) is 4.46. The van der Waals surface area contributed by atoms with Gasteiger partial charge in [-0.2, -0.15) is 0 Å². The zero-order valence-corrected chi connectivity index (χ0v) is 15.1. The molecule has 1 amide bonds. The van der Waals surface area contributed by atoms with Gasteiger partial charge < -0.3 is 14.2 Å². The van der Waals surface area contributed by atoms with Crippen LogP contribution in [0.15, 0.2) is 30.7 Å². The van der Waals surface area contributed by atoms with E-state index in [0.717, 1.165) is 31.0 Å². The van der Waals surface area contributed by atoms with Gasteiger partial charge in [0.25, 0.3) is 0 Å². The first-order chi connectivity index (χ1) is 12.0. The molecule has 2 aromatic heterocycles. The number of aromatic nitrogens is 3. The van der Waals surface area contributed by atoms with Crippen molar-refractivity contribution in [1.82, 2.24) is 24.3 Å². The summed E-state index contributed by atoms with van der Waals surface area (Å²) in [5, 5.41) is 0. The number of hydrogen-bond donors (Lipinski definition) is 0. The van der Waals surface area contributed by atoms with Gasteiger partial charge in [-0.1, -0.05) is 6.07 Å². The van der Waals surface area contributed by atoms with Gasteiger partial charge >= 0.3 is 0 Å². The predicted octanol–water partition coefficient (Wildman–Crippen LogP) is 1.02. The summed E-state index contributed by atoms with van der Waals surface area (Å²) in [5.74, 6) is 0.168. The number of rotatable bonds is 6. The van der Waals surface area contributed by atoms with Gasteiger partial charge in [0.05, 0.1) is 24.3 Å². The maximum absolute atomic E-state index is 11.7. The number of amides is 1. The molecule has 2 aromatic rings. The van der Waals surface area contributed by atoms with E-state index in [1.54, 1.807) is 19.0 Å². The molecule has 0 fully saturated rings. The fraction of sp³-hybridized carbons (Fsp3) is 0.500. The molecule has 0 spiro atoms. The first kappa shape index (κ1) is 17.6. The second-order valence-electron chi connectivity index (χ2n) is 6.68. The Bertz CT molecular complexity index is 714. The van der Waals surface area contributed by atoms with Crippen molar-refractivity contribution in [3.05, 3.63) is 47.8 Å². The number of carbonyl (C=O) groups excluding carboxylic acids is 1. The third-order valence-corrected chi connectivity index (χ3v) is 4.46. The Kier molecular flexibility index (Phi) is 5.45. The minimum absolute atomic E-state index is 0.0219. The standard InChI is InChI=1S/C18H25N5O2/c1-21(2)17(24)12-25-11-14-8-23(9-15-6-4-5-7-19-15)10-16-18(14)22(3)13-20-16/h4-7,13-14H,8-12H2,1-3H3/t14-/m1/s1. The monoisotopic (exact) mass is 343 g/mol. The van der Waals surface area contributed by atoms with Crippen molar-refractivity contribution < 1.29 is 9.53 Å². The van der Waals surface area contributed by atoms with Gasteiger partial charge in [0.2, 0.25) is 5.91 Å². The van der Waals surface area contributed by atoms with E-state index < -0.39 is 0 Å². The van der Waals surface area contributed by atoms with Crippen molar-refractivity contribution in [2.75, 3.05) is 33.9 Å². The molecule has 7 heteroatoms. The van der Waals surface area contributed by atoms with Crippen LogP contribution in [-0.4, -0.2) is 64.1 Å². The highest BCUT2D eigenvalue weighted by molar-refractivity contribution is 5.76. The van der Waals surface area contributed by atoms with Gasteiger partial charge in [-0.15, -0.1) is 0 Å². The summed E-state index contributed by atoms with van der Waals surface area (Å²) < 4.78 is 7.77. The first-order valence-corrected chi connectivity index (χ1v) is 8.45.